The molecule has 0 spiro atoms. The SMILES string of the molecule is C=CCC(C)(C(=O)O)N(C)C(C)S(=O)(=O)O. The quantitative estimate of drug-likeness (QED) is 0.529. The molecule has 0 fully saturated rings. The van der Waals surface area contributed by atoms with E-state index in [0.29, 0.717) is 0 Å². The van der Waals surface area contributed by atoms with Crippen LogP contribution in [0.4, 0.5) is 0 Å². The van der Waals surface area contributed by atoms with Crippen LogP contribution >= 0.6 is 0 Å². The molecule has 0 aromatic rings. The number of carboxylic acid groups (broad SMARTS) is 1. The summed E-state index contributed by atoms with van der Waals surface area (Å²) >= 11 is 0. The Morgan fingerprint density at radius 2 is 2.06 bits per heavy atom. The van der Waals surface area contributed by atoms with Gasteiger partial charge in [0.25, 0.3) is 10.1 Å². The first-order valence-corrected chi connectivity index (χ1v) is 6.11. The summed E-state index contributed by atoms with van der Waals surface area (Å²) in [5.41, 5.74) is -1.42. The van der Waals surface area contributed by atoms with Gasteiger partial charge in [-0.1, -0.05) is 6.08 Å². The van der Waals surface area contributed by atoms with Crippen molar-refractivity contribution in [3.63, 3.8) is 0 Å². The molecule has 0 aliphatic heterocycles. The fourth-order valence-electron chi connectivity index (χ4n) is 1.26. The number of nitrogens with zero attached hydrogens (tertiary/aromatic N) is 1. The summed E-state index contributed by atoms with van der Waals surface area (Å²) in [7, 11) is -2.98. The molecule has 7 heteroatoms. The van der Waals surface area contributed by atoms with Crippen LogP contribution in [0.15, 0.2) is 12.7 Å². The van der Waals surface area contributed by atoms with Crippen molar-refractivity contribution in [2.45, 2.75) is 31.2 Å². The minimum absolute atomic E-state index is 0.0681. The zero-order valence-corrected chi connectivity index (χ0v) is 10.4. The van der Waals surface area contributed by atoms with E-state index in [1.54, 1.807) is 0 Å². The van der Waals surface area contributed by atoms with Crippen molar-refractivity contribution in [2.75, 3.05) is 7.05 Å². The van der Waals surface area contributed by atoms with Gasteiger partial charge < -0.3 is 5.11 Å². The van der Waals surface area contributed by atoms with E-state index >= 15 is 0 Å². The lowest BCUT2D eigenvalue weighted by Crippen LogP contribution is -2.55. The molecule has 6 nitrogen and oxygen atoms in total. The Bertz CT molecular complexity index is 377. The standard InChI is InChI=1S/C9H17NO5S/c1-5-6-9(3,8(11)12)10(4)7(2)16(13,14)15/h5,7H,1,6H2,2-4H3,(H,11,12)(H,13,14,15). The third-order valence-electron chi connectivity index (χ3n) is 2.76. The van der Waals surface area contributed by atoms with E-state index in [4.69, 9.17) is 9.66 Å². The van der Waals surface area contributed by atoms with Gasteiger partial charge in [-0.25, -0.2) is 0 Å². The van der Waals surface area contributed by atoms with Gasteiger partial charge in [0.1, 0.15) is 10.9 Å². The molecule has 0 rings (SSSR count). The average Bonchev–Trinajstić information content (AvgIpc) is 2.14. The van der Waals surface area contributed by atoms with Crippen LogP contribution in [-0.2, 0) is 14.9 Å². The minimum atomic E-state index is -4.31. The van der Waals surface area contributed by atoms with Crippen LogP contribution in [0.2, 0.25) is 0 Å². The van der Waals surface area contributed by atoms with Gasteiger partial charge in [-0.3, -0.25) is 14.2 Å². The molecule has 2 unspecified atom stereocenters. The van der Waals surface area contributed by atoms with Gasteiger partial charge in [0.2, 0.25) is 0 Å². The fourth-order valence-corrected chi connectivity index (χ4v) is 1.90. The molecule has 16 heavy (non-hydrogen) atoms. The van der Waals surface area contributed by atoms with Gasteiger partial charge in [0.15, 0.2) is 0 Å². The Labute approximate surface area is 95.3 Å². The monoisotopic (exact) mass is 251 g/mol. The topological polar surface area (TPSA) is 94.9 Å². The maximum atomic E-state index is 11.1. The Balaban J connectivity index is 5.26. The smallest absolute Gasteiger partial charge is 0.324 e. The highest BCUT2D eigenvalue weighted by atomic mass is 32.2. The summed E-state index contributed by atoms with van der Waals surface area (Å²) in [6.45, 7) is 6.03. The summed E-state index contributed by atoms with van der Waals surface area (Å²) in [5, 5.41) is 7.79. The molecular formula is C9H17NO5S. The highest BCUT2D eigenvalue weighted by Crippen LogP contribution is 2.23. The van der Waals surface area contributed by atoms with Gasteiger partial charge in [-0.2, -0.15) is 8.42 Å². The molecule has 0 aromatic carbocycles. The molecule has 0 radical (unpaired) electrons. The highest BCUT2D eigenvalue weighted by molar-refractivity contribution is 7.86. The van der Waals surface area contributed by atoms with Crippen LogP contribution in [-0.4, -0.2) is 46.9 Å². The summed E-state index contributed by atoms with van der Waals surface area (Å²) in [6.07, 6.45) is 1.46. The second kappa shape index (κ2) is 4.94. The lowest BCUT2D eigenvalue weighted by Gasteiger charge is -2.36. The third kappa shape index (κ3) is 3.03. The van der Waals surface area contributed by atoms with Crippen molar-refractivity contribution in [3.8, 4) is 0 Å². The second-order valence-electron chi connectivity index (χ2n) is 3.80. The summed E-state index contributed by atoms with van der Waals surface area (Å²) < 4.78 is 30.8. The number of carboxylic acids is 1. The number of likely N-dealkylation sites (N-methyl/N-ethyl adjacent to an activating group) is 1. The van der Waals surface area contributed by atoms with E-state index in [1.807, 2.05) is 0 Å². The Hall–Kier alpha value is -0.920. The van der Waals surface area contributed by atoms with Crippen LogP contribution in [0, 0.1) is 0 Å². The highest BCUT2D eigenvalue weighted by Gasteiger charge is 2.41. The number of aliphatic carboxylic acids is 1. The fraction of sp³-hybridized carbons (Fsp3) is 0.667. The van der Waals surface area contributed by atoms with E-state index < -0.39 is 27.0 Å². The average molecular weight is 251 g/mol. The molecule has 94 valence electrons. The third-order valence-corrected chi connectivity index (χ3v) is 3.94. The molecule has 0 aliphatic carbocycles. The molecule has 0 amide bonds. The number of hydrogen-bond donors (Lipinski definition) is 2. The zero-order chi connectivity index (χ0) is 13.1. The number of hydrogen-bond acceptors (Lipinski definition) is 4. The van der Waals surface area contributed by atoms with Gasteiger partial charge in [0.05, 0.1) is 0 Å². The molecule has 0 bridgehead atoms. The Morgan fingerprint density at radius 3 is 2.31 bits per heavy atom. The normalized spacial score (nSPS) is 17.8. The van der Waals surface area contributed by atoms with E-state index in [2.05, 4.69) is 6.58 Å². The summed E-state index contributed by atoms with van der Waals surface area (Å²) in [6, 6.07) is 0. The first kappa shape index (κ1) is 15.1. The largest absolute Gasteiger partial charge is 0.480 e. The molecular weight excluding hydrogens is 234 g/mol. The van der Waals surface area contributed by atoms with Gasteiger partial charge in [0, 0.05) is 0 Å². The minimum Gasteiger partial charge on any atom is -0.480 e. The first-order chi connectivity index (χ1) is 7.07. The van der Waals surface area contributed by atoms with Crippen molar-refractivity contribution in [3.05, 3.63) is 12.7 Å². The molecule has 0 heterocycles. The van der Waals surface area contributed by atoms with Crippen LogP contribution in [0.1, 0.15) is 20.3 Å². The maximum absolute atomic E-state index is 11.1. The van der Waals surface area contributed by atoms with Gasteiger partial charge in [-0.05, 0) is 27.3 Å². The molecule has 0 aliphatic rings. The van der Waals surface area contributed by atoms with Crippen LogP contribution in [0.3, 0.4) is 0 Å². The van der Waals surface area contributed by atoms with Crippen LogP contribution < -0.4 is 0 Å². The van der Waals surface area contributed by atoms with Crippen molar-refractivity contribution in [1.29, 1.82) is 0 Å². The second-order valence-corrected chi connectivity index (χ2v) is 5.51. The van der Waals surface area contributed by atoms with E-state index in [0.717, 1.165) is 4.90 Å². The van der Waals surface area contributed by atoms with Crippen molar-refractivity contribution < 1.29 is 22.9 Å². The zero-order valence-electron chi connectivity index (χ0n) is 9.54. The molecule has 0 aromatic heterocycles. The van der Waals surface area contributed by atoms with E-state index in [1.165, 1.54) is 27.0 Å². The van der Waals surface area contributed by atoms with Crippen LogP contribution in [0.5, 0.6) is 0 Å². The molecule has 2 N–H and O–H groups in total. The number of rotatable bonds is 6. The predicted octanol–water partition coefficient (Wildman–Crippen LogP) is 0.571. The first-order valence-electron chi connectivity index (χ1n) is 4.61. The predicted molar refractivity (Wildman–Crippen MR) is 59.6 cm³/mol. The number of carbonyl (C=O) groups is 1. The maximum Gasteiger partial charge on any atom is 0.324 e. The van der Waals surface area contributed by atoms with Crippen LogP contribution in [0.25, 0.3) is 0 Å². The van der Waals surface area contributed by atoms with Crippen molar-refractivity contribution in [1.82, 2.24) is 4.90 Å². The lowest BCUT2D eigenvalue weighted by molar-refractivity contribution is -0.149. The molecule has 0 saturated carbocycles. The summed E-state index contributed by atoms with van der Waals surface area (Å²) in [4.78, 5) is 12.2. The molecule has 2 atom stereocenters. The van der Waals surface area contributed by atoms with Crippen molar-refractivity contribution >= 4 is 16.1 Å². The van der Waals surface area contributed by atoms with E-state index in [-0.39, 0.29) is 6.42 Å². The van der Waals surface area contributed by atoms with E-state index in [9.17, 15) is 13.2 Å². The summed E-state index contributed by atoms with van der Waals surface area (Å²) in [5.74, 6) is -1.18. The molecule has 0 saturated heterocycles. The van der Waals surface area contributed by atoms with Gasteiger partial charge >= 0.3 is 5.97 Å². The Morgan fingerprint density at radius 1 is 1.62 bits per heavy atom. The Kier molecular flexibility index (Phi) is 4.66. The van der Waals surface area contributed by atoms with Gasteiger partial charge in [-0.15, -0.1) is 6.58 Å². The van der Waals surface area contributed by atoms with Crippen molar-refractivity contribution in [2.24, 2.45) is 0 Å². The lowest BCUT2D eigenvalue weighted by atomic mass is 9.96.